The minimum absolute atomic E-state index is 0.0611. The van der Waals surface area contributed by atoms with E-state index >= 15 is 0 Å². The summed E-state index contributed by atoms with van der Waals surface area (Å²) in [6, 6.07) is 6.86. The van der Waals surface area contributed by atoms with Crippen molar-refractivity contribution in [2.75, 3.05) is 7.11 Å². The second kappa shape index (κ2) is 7.88. The van der Waals surface area contributed by atoms with Crippen LogP contribution in [0.4, 0.5) is 0 Å². The molecule has 0 aromatic heterocycles. The van der Waals surface area contributed by atoms with Gasteiger partial charge in [-0.25, -0.2) is 4.79 Å². The molecule has 1 saturated carbocycles. The molecule has 1 fully saturated rings. The zero-order chi connectivity index (χ0) is 16.1. The topological polar surface area (TPSA) is 52.6 Å². The predicted molar refractivity (Wildman–Crippen MR) is 86.5 cm³/mol. The molecule has 2 rings (SSSR count). The Morgan fingerprint density at radius 1 is 1.18 bits per heavy atom. The number of carbonyl (C=O) groups is 1. The van der Waals surface area contributed by atoms with Crippen LogP contribution in [0.5, 0.6) is 0 Å². The summed E-state index contributed by atoms with van der Waals surface area (Å²) in [7, 11) is 0.659. The van der Waals surface area contributed by atoms with Crippen LogP contribution < -0.4 is 0 Å². The van der Waals surface area contributed by atoms with E-state index in [2.05, 4.69) is 0 Å². The van der Waals surface area contributed by atoms with E-state index in [-0.39, 0.29) is 23.4 Å². The van der Waals surface area contributed by atoms with Crippen molar-refractivity contribution in [1.29, 1.82) is 0 Å². The Bertz CT molecular complexity index is 524. The van der Waals surface area contributed by atoms with Gasteiger partial charge in [0.15, 0.2) is 0 Å². The van der Waals surface area contributed by atoms with Gasteiger partial charge in [0.05, 0.1) is 22.5 Å². The molecule has 5 heteroatoms. The van der Waals surface area contributed by atoms with Crippen molar-refractivity contribution in [3.8, 4) is 0 Å². The summed E-state index contributed by atoms with van der Waals surface area (Å²) in [6.45, 7) is 3.82. The Morgan fingerprint density at radius 2 is 1.82 bits per heavy atom. The molecule has 0 unspecified atom stereocenters. The fourth-order valence-electron chi connectivity index (χ4n) is 2.64. The highest BCUT2D eigenvalue weighted by molar-refractivity contribution is 7.85. The number of methoxy groups -OCH3 is 1. The second-order valence-electron chi connectivity index (χ2n) is 5.92. The lowest BCUT2D eigenvalue weighted by Gasteiger charge is -2.27. The smallest absolute Gasteiger partial charge is 0.338 e. The van der Waals surface area contributed by atoms with Crippen molar-refractivity contribution in [2.24, 2.45) is 0 Å². The number of benzene rings is 1. The third-order valence-electron chi connectivity index (χ3n) is 3.94. The Morgan fingerprint density at radius 3 is 2.41 bits per heavy atom. The minimum Gasteiger partial charge on any atom is -0.459 e. The van der Waals surface area contributed by atoms with Crippen molar-refractivity contribution in [2.45, 2.75) is 61.9 Å². The SMILES string of the molecule is CO[C@@H]1CCC[C@@H](OC(=O)c2ccc([S@@](=O)C(C)C)cc2)C1. The molecule has 0 N–H and O–H groups in total. The summed E-state index contributed by atoms with van der Waals surface area (Å²) in [4.78, 5) is 12.9. The summed E-state index contributed by atoms with van der Waals surface area (Å²) >= 11 is 0. The molecule has 1 aromatic rings. The standard InChI is InChI=1S/C17H24O4S/c1-12(2)22(19)16-9-7-13(8-10-16)17(18)21-15-6-4-5-14(11-15)20-3/h7-10,12,14-15H,4-6,11H2,1-3H3/t14-,15-,22+/m1/s1. The highest BCUT2D eigenvalue weighted by Crippen LogP contribution is 2.24. The van der Waals surface area contributed by atoms with Crippen molar-refractivity contribution >= 4 is 16.8 Å². The first kappa shape index (κ1) is 17.2. The molecule has 1 aliphatic carbocycles. The number of ether oxygens (including phenoxy) is 2. The number of hydrogen-bond donors (Lipinski definition) is 0. The molecule has 1 aliphatic rings. The fraction of sp³-hybridized carbons (Fsp3) is 0.588. The van der Waals surface area contributed by atoms with Crippen molar-refractivity contribution in [3.63, 3.8) is 0 Å². The van der Waals surface area contributed by atoms with E-state index in [0.717, 1.165) is 30.6 Å². The number of hydrogen-bond acceptors (Lipinski definition) is 4. The zero-order valence-electron chi connectivity index (χ0n) is 13.4. The highest BCUT2D eigenvalue weighted by atomic mass is 32.2. The molecule has 0 bridgehead atoms. The van der Waals surface area contributed by atoms with Gasteiger partial charge in [-0.3, -0.25) is 4.21 Å². The first-order valence-corrected chi connectivity index (χ1v) is 8.97. The molecule has 0 saturated heterocycles. The summed E-state index contributed by atoms with van der Waals surface area (Å²) in [6.07, 6.45) is 3.81. The summed E-state index contributed by atoms with van der Waals surface area (Å²) in [5, 5.41) is 0.0611. The van der Waals surface area contributed by atoms with Gasteiger partial charge in [0, 0.05) is 23.7 Å². The lowest BCUT2D eigenvalue weighted by molar-refractivity contribution is -0.0149. The zero-order valence-corrected chi connectivity index (χ0v) is 14.2. The van der Waals surface area contributed by atoms with E-state index in [4.69, 9.17) is 9.47 Å². The summed E-state index contributed by atoms with van der Waals surface area (Å²) in [5.41, 5.74) is 0.504. The average molecular weight is 324 g/mol. The van der Waals surface area contributed by atoms with E-state index in [9.17, 15) is 9.00 Å². The first-order chi connectivity index (χ1) is 10.5. The van der Waals surface area contributed by atoms with Crippen LogP contribution in [0.15, 0.2) is 29.2 Å². The van der Waals surface area contributed by atoms with Gasteiger partial charge in [-0.05, 0) is 43.5 Å². The molecular formula is C17H24O4S. The van der Waals surface area contributed by atoms with Crippen LogP contribution in [0.1, 0.15) is 49.9 Å². The maximum Gasteiger partial charge on any atom is 0.338 e. The highest BCUT2D eigenvalue weighted by Gasteiger charge is 2.25. The van der Waals surface area contributed by atoms with Crippen LogP contribution in [0.2, 0.25) is 0 Å². The van der Waals surface area contributed by atoms with Gasteiger partial charge in [0.1, 0.15) is 6.10 Å². The quantitative estimate of drug-likeness (QED) is 0.780. The van der Waals surface area contributed by atoms with Gasteiger partial charge < -0.3 is 9.47 Å². The molecule has 0 heterocycles. The van der Waals surface area contributed by atoms with Crippen molar-refractivity contribution < 1.29 is 18.5 Å². The monoisotopic (exact) mass is 324 g/mol. The molecule has 0 amide bonds. The van der Waals surface area contributed by atoms with E-state index in [1.807, 2.05) is 13.8 Å². The van der Waals surface area contributed by atoms with Crippen molar-refractivity contribution in [3.05, 3.63) is 29.8 Å². The summed E-state index contributed by atoms with van der Waals surface area (Å²) < 4.78 is 22.9. The van der Waals surface area contributed by atoms with E-state index < -0.39 is 10.8 Å². The molecule has 0 spiro atoms. The van der Waals surface area contributed by atoms with Crippen molar-refractivity contribution in [1.82, 2.24) is 0 Å². The van der Waals surface area contributed by atoms with Gasteiger partial charge in [-0.1, -0.05) is 13.8 Å². The normalized spacial score (nSPS) is 23.3. The van der Waals surface area contributed by atoms with Crippen LogP contribution in [-0.4, -0.2) is 34.7 Å². The minimum atomic E-state index is -1.04. The maximum atomic E-state index is 12.2. The molecule has 0 radical (unpaired) electrons. The third kappa shape index (κ3) is 4.40. The van der Waals surface area contributed by atoms with Gasteiger partial charge in [-0.2, -0.15) is 0 Å². The summed E-state index contributed by atoms with van der Waals surface area (Å²) in [5.74, 6) is -0.316. The Hall–Kier alpha value is -1.20. The fourth-order valence-corrected chi connectivity index (χ4v) is 3.59. The number of rotatable bonds is 5. The largest absolute Gasteiger partial charge is 0.459 e. The molecular weight excluding hydrogens is 300 g/mol. The number of carbonyl (C=O) groups excluding carboxylic acids is 1. The van der Waals surface area contributed by atoms with Crippen LogP contribution in [-0.2, 0) is 20.3 Å². The molecule has 122 valence electrons. The van der Waals surface area contributed by atoms with E-state index in [1.165, 1.54) is 0 Å². The lowest BCUT2D eigenvalue weighted by Crippen LogP contribution is -2.29. The lowest BCUT2D eigenvalue weighted by atomic mass is 9.95. The number of esters is 1. The molecule has 4 nitrogen and oxygen atoms in total. The molecule has 0 aliphatic heterocycles. The van der Waals surface area contributed by atoms with Crippen LogP contribution in [0.3, 0.4) is 0 Å². The van der Waals surface area contributed by atoms with E-state index in [0.29, 0.717) is 5.56 Å². The predicted octanol–water partition coefficient (Wildman–Crippen LogP) is 3.32. The van der Waals surface area contributed by atoms with Gasteiger partial charge in [0.2, 0.25) is 0 Å². The Balaban J connectivity index is 1.96. The Kier molecular flexibility index (Phi) is 6.15. The average Bonchev–Trinajstić information content (AvgIpc) is 2.54. The Labute approximate surface area is 134 Å². The van der Waals surface area contributed by atoms with Gasteiger partial charge in [0.25, 0.3) is 0 Å². The van der Waals surface area contributed by atoms with Crippen LogP contribution in [0, 0.1) is 0 Å². The van der Waals surface area contributed by atoms with Crippen LogP contribution >= 0.6 is 0 Å². The van der Waals surface area contributed by atoms with Crippen LogP contribution in [0.25, 0.3) is 0 Å². The van der Waals surface area contributed by atoms with Gasteiger partial charge in [-0.15, -0.1) is 0 Å². The molecule has 3 atom stereocenters. The maximum absolute atomic E-state index is 12.2. The third-order valence-corrected chi connectivity index (χ3v) is 5.53. The molecule has 1 aromatic carbocycles. The van der Waals surface area contributed by atoms with E-state index in [1.54, 1.807) is 31.4 Å². The first-order valence-electron chi connectivity index (χ1n) is 7.75. The van der Waals surface area contributed by atoms with Gasteiger partial charge >= 0.3 is 5.97 Å². The molecule has 22 heavy (non-hydrogen) atoms. The second-order valence-corrected chi connectivity index (χ2v) is 7.93.